The Hall–Kier alpha value is -1.40. The van der Waals surface area contributed by atoms with Crippen LogP contribution >= 0.6 is 15.9 Å². The third-order valence-electron chi connectivity index (χ3n) is 2.47. The fourth-order valence-corrected chi connectivity index (χ4v) is 2.14. The molecule has 0 aliphatic rings. The van der Waals surface area contributed by atoms with Gasteiger partial charge in [0.2, 0.25) is 5.89 Å². The van der Waals surface area contributed by atoms with Crippen LogP contribution in [0, 0.1) is 0 Å². The molecule has 0 bridgehead atoms. The third-order valence-corrected chi connectivity index (χ3v) is 3.09. The summed E-state index contributed by atoms with van der Waals surface area (Å²) in [5.74, 6) is 1.49. The highest BCUT2D eigenvalue weighted by Gasteiger charge is 2.02. The minimum absolute atomic E-state index is 0.651. The summed E-state index contributed by atoms with van der Waals surface area (Å²) in [6.45, 7) is 1.59. The molecule has 1 aromatic carbocycles. The van der Waals surface area contributed by atoms with Crippen LogP contribution in [0.1, 0.15) is 11.5 Å². The molecule has 1 heterocycles. The Balaban J connectivity index is 1.78. The first-order valence-electron chi connectivity index (χ1n) is 5.58. The number of ether oxygens (including phenoxy) is 1. The van der Waals surface area contributed by atoms with Gasteiger partial charge in [-0.1, -0.05) is 11.2 Å². The van der Waals surface area contributed by atoms with E-state index in [9.17, 15) is 0 Å². The number of halogens is 1. The number of nitrogens with zero attached hydrogens (tertiary/aromatic N) is 2. The van der Waals surface area contributed by atoms with Crippen LogP contribution in [0.3, 0.4) is 0 Å². The highest BCUT2D eigenvalue weighted by molar-refractivity contribution is 9.10. The van der Waals surface area contributed by atoms with Gasteiger partial charge in [0.1, 0.15) is 5.75 Å². The molecule has 0 amide bonds. The van der Waals surface area contributed by atoms with Crippen molar-refractivity contribution in [1.82, 2.24) is 15.5 Å². The molecule has 0 aliphatic heterocycles. The molecule has 0 saturated heterocycles. The molecule has 1 N–H and O–H groups in total. The lowest BCUT2D eigenvalue weighted by molar-refractivity contribution is 0.375. The Bertz CT molecular complexity index is 488. The average molecular weight is 312 g/mol. The number of methoxy groups -OCH3 is 1. The Labute approximate surface area is 114 Å². The van der Waals surface area contributed by atoms with Crippen LogP contribution in [0.5, 0.6) is 5.75 Å². The average Bonchev–Trinajstić information content (AvgIpc) is 2.88. The second-order valence-corrected chi connectivity index (χ2v) is 4.59. The summed E-state index contributed by atoms with van der Waals surface area (Å²) in [7, 11) is 1.66. The van der Waals surface area contributed by atoms with Gasteiger partial charge in [0.05, 0.1) is 11.6 Å². The van der Waals surface area contributed by atoms with Crippen molar-refractivity contribution in [2.45, 2.75) is 13.0 Å². The van der Waals surface area contributed by atoms with Gasteiger partial charge in [-0.15, -0.1) is 0 Å². The molecule has 2 rings (SSSR count). The van der Waals surface area contributed by atoms with Gasteiger partial charge in [-0.2, -0.15) is 4.98 Å². The molecule has 0 fully saturated rings. The van der Waals surface area contributed by atoms with Crippen LogP contribution in [0.15, 0.2) is 33.5 Å². The lowest BCUT2D eigenvalue weighted by atomic mass is 10.2. The molecule has 1 aromatic heterocycles. The third kappa shape index (κ3) is 3.54. The van der Waals surface area contributed by atoms with E-state index in [0.717, 1.165) is 29.7 Å². The van der Waals surface area contributed by atoms with Crippen LogP contribution in [-0.4, -0.2) is 23.8 Å². The quantitative estimate of drug-likeness (QED) is 0.829. The topological polar surface area (TPSA) is 60.2 Å². The minimum Gasteiger partial charge on any atom is -0.496 e. The molecule has 0 atom stereocenters. The fraction of sp³-hybridized carbons (Fsp3) is 0.333. The van der Waals surface area contributed by atoms with Crippen LogP contribution in [-0.2, 0) is 13.0 Å². The standard InChI is InChI=1S/C12H14BrN3O2/c1-17-11-3-2-9(6-10(11)13)7-14-5-4-12-15-8-16-18-12/h2-3,6,8,14H,4-5,7H2,1H3. The van der Waals surface area contributed by atoms with Crippen molar-refractivity contribution in [1.29, 1.82) is 0 Å². The summed E-state index contributed by atoms with van der Waals surface area (Å²) >= 11 is 3.46. The zero-order chi connectivity index (χ0) is 12.8. The van der Waals surface area contributed by atoms with Crippen molar-refractivity contribution in [2.24, 2.45) is 0 Å². The first kappa shape index (κ1) is 13.0. The first-order valence-corrected chi connectivity index (χ1v) is 6.37. The van der Waals surface area contributed by atoms with Crippen LogP contribution in [0.4, 0.5) is 0 Å². The molecule has 0 radical (unpaired) electrons. The zero-order valence-corrected chi connectivity index (χ0v) is 11.6. The summed E-state index contributed by atoms with van der Waals surface area (Å²) in [6.07, 6.45) is 2.15. The van der Waals surface area contributed by atoms with Gasteiger partial charge in [-0.3, -0.25) is 0 Å². The van der Waals surface area contributed by atoms with Gasteiger partial charge < -0.3 is 14.6 Å². The highest BCUT2D eigenvalue weighted by atomic mass is 79.9. The smallest absolute Gasteiger partial charge is 0.227 e. The van der Waals surface area contributed by atoms with Gasteiger partial charge in [0, 0.05) is 19.5 Å². The van der Waals surface area contributed by atoms with Crippen molar-refractivity contribution in [2.75, 3.05) is 13.7 Å². The summed E-state index contributed by atoms with van der Waals surface area (Å²) in [5, 5.41) is 6.87. The van der Waals surface area contributed by atoms with E-state index >= 15 is 0 Å². The predicted octanol–water partition coefficient (Wildman–Crippen LogP) is 2.17. The van der Waals surface area contributed by atoms with E-state index in [1.165, 1.54) is 11.9 Å². The van der Waals surface area contributed by atoms with Gasteiger partial charge in [0.15, 0.2) is 6.33 Å². The number of hydrogen-bond donors (Lipinski definition) is 1. The minimum atomic E-state index is 0.651. The molecule has 0 saturated carbocycles. The van der Waals surface area contributed by atoms with E-state index in [2.05, 4.69) is 31.4 Å². The lowest BCUT2D eigenvalue weighted by Crippen LogP contribution is -2.16. The van der Waals surface area contributed by atoms with Crippen LogP contribution in [0.2, 0.25) is 0 Å². The Morgan fingerprint density at radius 2 is 2.33 bits per heavy atom. The predicted molar refractivity (Wildman–Crippen MR) is 70.4 cm³/mol. The summed E-state index contributed by atoms with van der Waals surface area (Å²) < 4.78 is 11.0. The number of nitrogens with one attached hydrogen (secondary N) is 1. The van der Waals surface area contributed by atoms with Gasteiger partial charge in [-0.05, 0) is 33.6 Å². The van der Waals surface area contributed by atoms with Gasteiger partial charge in [0.25, 0.3) is 0 Å². The zero-order valence-electron chi connectivity index (χ0n) is 10.0. The molecular weight excluding hydrogens is 298 g/mol. The summed E-state index contributed by atoms with van der Waals surface area (Å²) in [4.78, 5) is 3.96. The molecule has 0 spiro atoms. The number of hydrogen-bond acceptors (Lipinski definition) is 5. The van der Waals surface area contributed by atoms with Crippen molar-refractivity contribution >= 4 is 15.9 Å². The van der Waals surface area contributed by atoms with E-state index in [0.29, 0.717) is 5.89 Å². The molecular formula is C12H14BrN3O2. The van der Waals surface area contributed by atoms with Crippen molar-refractivity contribution < 1.29 is 9.26 Å². The highest BCUT2D eigenvalue weighted by Crippen LogP contribution is 2.25. The first-order chi connectivity index (χ1) is 8.79. The van der Waals surface area contributed by atoms with Crippen LogP contribution in [0.25, 0.3) is 0 Å². The molecule has 6 heteroatoms. The normalized spacial score (nSPS) is 10.6. The Kier molecular flexibility index (Phi) is 4.72. The van der Waals surface area contributed by atoms with Gasteiger partial charge >= 0.3 is 0 Å². The molecule has 0 unspecified atom stereocenters. The molecule has 2 aromatic rings. The fourth-order valence-electron chi connectivity index (χ4n) is 1.55. The van der Waals surface area contributed by atoms with E-state index in [1.54, 1.807) is 7.11 Å². The number of benzene rings is 1. The Morgan fingerprint density at radius 3 is 3.00 bits per heavy atom. The van der Waals surface area contributed by atoms with E-state index in [1.807, 2.05) is 18.2 Å². The second kappa shape index (κ2) is 6.51. The monoisotopic (exact) mass is 311 g/mol. The maximum atomic E-state index is 5.18. The largest absolute Gasteiger partial charge is 0.496 e. The number of aromatic nitrogens is 2. The second-order valence-electron chi connectivity index (χ2n) is 3.73. The molecule has 18 heavy (non-hydrogen) atoms. The molecule has 0 aliphatic carbocycles. The Morgan fingerprint density at radius 1 is 1.44 bits per heavy atom. The lowest BCUT2D eigenvalue weighted by Gasteiger charge is -2.07. The maximum Gasteiger partial charge on any atom is 0.227 e. The summed E-state index contributed by atoms with van der Waals surface area (Å²) in [6, 6.07) is 6.01. The molecule has 5 nitrogen and oxygen atoms in total. The molecule has 96 valence electrons. The summed E-state index contributed by atoms with van der Waals surface area (Å²) in [5.41, 5.74) is 1.19. The number of rotatable bonds is 6. The van der Waals surface area contributed by atoms with Gasteiger partial charge in [-0.25, -0.2) is 0 Å². The SMILES string of the molecule is COc1ccc(CNCCc2ncno2)cc1Br. The van der Waals surface area contributed by atoms with Crippen molar-refractivity contribution in [3.05, 3.63) is 40.5 Å². The van der Waals surface area contributed by atoms with Crippen molar-refractivity contribution in [3.8, 4) is 5.75 Å². The van der Waals surface area contributed by atoms with E-state index in [-0.39, 0.29) is 0 Å². The maximum absolute atomic E-state index is 5.18. The van der Waals surface area contributed by atoms with Crippen molar-refractivity contribution in [3.63, 3.8) is 0 Å². The van der Waals surface area contributed by atoms with E-state index in [4.69, 9.17) is 9.26 Å². The van der Waals surface area contributed by atoms with E-state index < -0.39 is 0 Å². The van der Waals surface area contributed by atoms with Crippen LogP contribution < -0.4 is 10.1 Å².